The zero-order chi connectivity index (χ0) is 27.0. The van der Waals surface area contributed by atoms with Gasteiger partial charge in [0.1, 0.15) is 5.78 Å². The molecule has 1 amide bonds. The second-order valence-electron chi connectivity index (χ2n) is 9.56. The first-order valence-corrected chi connectivity index (χ1v) is 13.9. The van der Waals surface area contributed by atoms with Crippen LogP contribution in [0.15, 0.2) is 51.0 Å². The third-order valence-electron chi connectivity index (χ3n) is 7.21. The number of anilines is 1. The molecular weight excluding hydrogens is 512 g/mol. The lowest BCUT2D eigenvalue weighted by atomic mass is 9.89. The van der Waals surface area contributed by atoms with Gasteiger partial charge in [0.05, 0.1) is 5.69 Å². The van der Waals surface area contributed by atoms with Crippen molar-refractivity contribution in [1.82, 2.24) is 14.3 Å². The van der Waals surface area contributed by atoms with E-state index in [0.29, 0.717) is 38.0 Å². The number of hydrogen-bond donors (Lipinski definition) is 2. The molecular formula is C26H28N4O7S. The number of H-pyrrole nitrogens is 2. The number of aromatic amines is 2. The van der Waals surface area contributed by atoms with Crippen molar-refractivity contribution in [2.45, 2.75) is 30.6 Å². The molecule has 3 heterocycles. The van der Waals surface area contributed by atoms with E-state index in [4.69, 9.17) is 4.74 Å². The highest BCUT2D eigenvalue weighted by atomic mass is 32.2. The Morgan fingerprint density at radius 1 is 1.16 bits per heavy atom. The SMILES string of the molecule is COCCCN1C(=O)c2cccc3c(CC(=O)C4CCCN(S(=O)(=O)c5c[nH]c(=O)[nH]c5=O)C4)ccc1c23. The minimum atomic E-state index is -4.19. The van der Waals surface area contributed by atoms with E-state index >= 15 is 0 Å². The molecule has 0 saturated carbocycles. The van der Waals surface area contributed by atoms with Crippen molar-refractivity contribution >= 4 is 38.2 Å². The van der Waals surface area contributed by atoms with Gasteiger partial charge in [0.15, 0.2) is 4.90 Å². The topological polar surface area (TPSA) is 150 Å². The largest absolute Gasteiger partial charge is 0.385 e. The Morgan fingerprint density at radius 2 is 1.97 bits per heavy atom. The quantitative estimate of drug-likeness (QED) is 0.390. The van der Waals surface area contributed by atoms with Gasteiger partial charge in [0.2, 0.25) is 10.0 Å². The summed E-state index contributed by atoms with van der Waals surface area (Å²) in [6.07, 6.45) is 2.67. The van der Waals surface area contributed by atoms with Crippen molar-refractivity contribution in [2.24, 2.45) is 5.92 Å². The summed E-state index contributed by atoms with van der Waals surface area (Å²) in [5, 5.41) is 1.65. The second-order valence-corrected chi connectivity index (χ2v) is 11.5. The zero-order valence-electron chi connectivity index (χ0n) is 20.9. The van der Waals surface area contributed by atoms with Crippen molar-refractivity contribution in [3.8, 4) is 0 Å². The Hall–Kier alpha value is -3.61. The molecule has 1 unspecified atom stereocenters. The monoisotopic (exact) mass is 540 g/mol. The fourth-order valence-corrected chi connectivity index (χ4v) is 6.85. The molecule has 0 bridgehead atoms. The van der Waals surface area contributed by atoms with Crippen LogP contribution in [0.25, 0.3) is 10.8 Å². The number of carbonyl (C=O) groups excluding carboxylic acids is 2. The van der Waals surface area contributed by atoms with E-state index in [1.54, 1.807) is 18.1 Å². The molecule has 1 atom stereocenters. The van der Waals surface area contributed by atoms with Crippen LogP contribution in [0.3, 0.4) is 0 Å². The molecule has 200 valence electrons. The summed E-state index contributed by atoms with van der Waals surface area (Å²) in [6.45, 7) is 1.19. The van der Waals surface area contributed by atoms with Crippen molar-refractivity contribution in [2.75, 3.05) is 38.3 Å². The number of rotatable bonds is 9. The number of ketones is 1. The van der Waals surface area contributed by atoms with Gasteiger partial charge in [-0.15, -0.1) is 0 Å². The molecule has 1 aromatic heterocycles. The van der Waals surface area contributed by atoms with Crippen LogP contribution in [-0.4, -0.2) is 67.7 Å². The van der Waals surface area contributed by atoms with E-state index in [1.165, 1.54) is 0 Å². The number of nitrogens with one attached hydrogen (secondary N) is 2. The van der Waals surface area contributed by atoms with Crippen molar-refractivity contribution in [3.63, 3.8) is 0 Å². The first-order valence-electron chi connectivity index (χ1n) is 12.4. The van der Waals surface area contributed by atoms with Crippen LogP contribution in [0.2, 0.25) is 0 Å². The highest BCUT2D eigenvalue weighted by Gasteiger charge is 2.35. The van der Waals surface area contributed by atoms with Crippen LogP contribution in [0, 0.1) is 5.92 Å². The Kier molecular flexibility index (Phi) is 7.03. The number of sulfonamides is 1. The lowest BCUT2D eigenvalue weighted by Crippen LogP contribution is -2.44. The van der Waals surface area contributed by atoms with Gasteiger partial charge in [-0.1, -0.05) is 18.2 Å². The molecule has 1 fully saturated rings. The van der Waals surface area contributed by atoms with Crippen molar-refractivity contribution in [3.05, 3.63) is 68.5 Å². The van der Waals surface area contributed by atoms with Crippen LogP contribution in [0.1, 0.15) is 35.2 Å². The number of carbonyl (C=O) groups is 2. The van der Waals surface area contributed by atoms with Crippen molar-refractivity contribution in [1.29, 1.82) is 0 Å². The first-order chi connectivity index (χ1) is 18.2. The maximum Gasteiger partial charge on any atom is 0.325 e. The number of ether oxygens (including phenoxy) is 1. The van der Waals surface area contributed by atoms with Crippen LogP contribution in [-0.2, 0) is 26.0 Å². The Bertz CT molecular complexity index is 1640. The zero-order valence-corrected chi connectivity index (χ0v) is 21.7. The Morgan fingerprint density at radius 3 is 2.74 bits per heavy atom. The lowest BCUT2D eigenvalue weighted by Gasteiger charge is -2.31. The van der Waals surface area contributed by atoms with E-state index in [1.807, 2.05) is 29.2 Å². The van der Waals surface area contributed by atoms with Gasteiger partial charge < -0.3 is 14.6 Å². The molecule has 2 N–H and O–H groups in total. The van der Waals surface area contributed by atoms with Gasteiger partial charge in [0, 0.05) is 62.8 Å². The van der Waals surface area contributed by atoms with Crippen LogP contribution < -0.4 is 16.1 Å². The minimum Gasteiger partial charge on any atom is -0.385 e. The van der Waals surface area contributed by atoms with E-state index < -0.39 is 32.1 Å². The van der Waals surface area contributed by atoms with Gasteiger partial charge in [-0.25, -0.2) is 13.2 Å². The van der Waals surface area contributed by atoms with Gasteiger partial charge in [-0.05, 0) is 42.3 Å². The number of piperidine rings is 1. The van der Waals surface area contributed by atoms with Gasteiger partial charge in [-0.2, -0.15) is 4.31 Å². The molecule has 3 aromatic rings. The van der Waals surface area contributed by atoms with Crippen LogP contribution >= 0.6 is 0 Å². The minimum absolute atomic E-state index is 0.0488. The van der Waals surface area contributed by atoms with Gasteiger partial charge in [0.25, 0.3) is 11.5 Å². The predicted octanol–water partition coefficient (Wildman–Crippen LogP) is 1.43. The molecule has 0 aliphatic carbocycles. The normalized spacial score (nSPS) is 17.9. The smallest absolute Gasteiger partial charge is 0.325 e. The average Bonchev–Trinajstić information content (AvgIpc) is 3.17. The summed E-state index contributed by atoms with van der Waals surface area (Å²) in [4.78, 5) is 55.2. The molecule has 2 aromatic carbocycles. The maximum absolute atomic E-state index is 13.4. The molecule has 5 rings (SSSR count). The Labute approximate surface area is 218 Å². The number of Topliss-reactive ketones (excluding diaryl/α,β-unsaturated/α-hetero) is 1. The highest BCUT2D eigenvalue weighted by Crippen LogP contribution is 2.39. The lowest BCUT2D eigenvalue weighted by molar-refractivity contribution is -0.123. The molecule has 11 nitrogen and oxygen atoms in total. The number of nitrogens with zero attached hydrogens (tertiary/aromatic N) is 2. The van der Waals surface area contributed by atoms with Crippen LogP contribution in [0.5, 0.6) is 0 Å². The number of amides is 1. The summed E-state index contributed by atoms with van der Waals surface area (Å²) in [6, 6.07) is 9.22. The Balaban J connectivity index is 1.37. The molecule has 12 heteroatoms. The summed E-state index contributed by atoms with van der Waals surface area (Å²) in [5.41, 5.74) is 0.394. The summed E-state index contributed by atoms with van der Waals surface area (Å²) in [5.74, 6) is -0.728. The molecule has 2 aliphatic rings. The van der Waals surface area contributed by atoms with Gasteiger partial charge >= 0.3 is 5.69 Å². The third-order valence-corrected chi connectivity index (χ3v) is 9.08. The van der Waals surface area contributed by atoms with E-state index in [2.05, 4.69) is 4.98 Å². The standard InChI is InChI=1S/C26H28N4O7S/c1-37-12-4-11-30-20-9-8-16(18-6-2-7-19(23(18)20)25(30)33)13-21(31)17-5-3-10-29(15-17)38(35,36)22-14-27-26(34)28-24(22)32/h2,6-9,14,17H,3-5,10-13,15H2,1H3,(H2,27,28,32,34). The third kappa shape index (κ3) is 4.59. The van der Waals surface area contributed by atoms with E-state index in [9.17, 15) is 27.6 Å². The summed E-state index contributed by atoms with van der Waals surface area (Å²) in [7, 11) is -2.57. The number of methoxy groups -OCH3 is 1. The van der Waals surface area contributed by atoms with Crippen LogP contribution in [0.4, 0.5) is 5.69 Å². The predicted molar refractivity (Wildman–Crippen MR) is 140 cm³/mol. The molecule has 0 spiro atoms. The molecule has 38 heavy (non-hydrogen) atoms. The maximum atomic E-state index is 13.4. The fraction of sp³-hybridized carbons (Fsp3) is 0.385. The molecule has 2 aliphatic heterocycles. The number of benzene rings is 2. The highest BCUT2D eigenvalue weighted by molar-refractivity contribution is 7.89. The molecule has 1 saturated heterocycles. The van der Waals surface area contributed by atoms with E-state index in [0.717, 1.165) is 32.5 Å². The summed E-state index contributed by atoms with van der Waals surface area (Å²) >= 11 is 0. The average molecular weight is 541 g/mol. The molecule has 0 radical (unpaired) electrons. The number of hydrogen-bond acceptors (Lipinski definition) is 7. The fourth-order valence-electron chi connectivity index (χ4n) is 5.33. The first kappa shape index (κ1) is 26.0. The van der Waals surface area contributed by atoms with Gasteiger partial charge in [-0.3, -0.25) is 19.4 Å². The van der Waals surface area contributed by atoms with Crippen molar-refractivity contribution < 1.29 is 22.7 Å². The number of aromatic nitrogens is 2. The summed E-state index contributed by atoms with van der Waals surface area (Å²) < 4.78 is 32.4. The second kappa shape index (κ2) is 10.3. The van der Waals surface area contributed by atoms with E-state index in [-0.39, 0.29) is 31.2 Å².